The lowest BCUT2D eigenvalue weighted by Crippen LogP contribution is -2.49. The van der Waals surface area contributed by atoms with Crippen LogP contribution in [0.15, 0.2) is 30.3 Å². The van der Waals surface area contributed by atoms with Crippen LogP contribution in [0.25, 0.3) is 0 Å². The predicted molar refractivity (Wildman–Crippen MR) is 70.4 cm³/mol. The second kappa shape index (κ2) is 6.52. The van der Waals surface area contributed by atoms with E-state index in [9.17, 15) is 4.79 Å². The summed E-state index contributed by atoms with van der Waals surface area (Å²) in [5.74, 6) is 0.186. The second-order valence-electron chi connectivity index (χ2n) is 4.55. The maximum absolute atomic E-state index is 12.2. The van der Waals surface area contributed by atoms with E-state index in [4.69, 9.17) is 4.74 Å². The highest BCUT2D eigenvalue weighted by Gasteiger charge is 2.23. The van der Waals surface area contributed by atoms with E-state index >= 15 is 0 Å². The van der Waals surface area contributed by atoms with Gasteiger partial charge >= 0.3 is 0 Å². The zero-order valence-electron chi connectivity index (χ0n) is 10.8. The van der Waals surface area contributed by atoms with E-state index in [1.54, 1.807) is 0 Å². The van der Waals surface area contributed by atoms with Gasteiger partial charge in [0.2, 0.25) is 5.91 Å². The van der Waals surface area contributed by atoms with E-state index in [2.05, 4.69) is 5.32 Å². The summed E-state index contributed by atoms with van der Waals surface area (Å²) in [5, 5.41) is 3.08. The Morgan fingerprint density at radius 1 is 1.44 bits per heavy atom. The molecule has 4 heteroatoms. The summed E-state index contributed by atoms with van der Waals surface area (Å²) in [5.41, 5.74) is 1.07. The number of morpholine rings is 1. The van der Waals surface area contributed by atoms with Crippen molar-refractivity contribution in [2.24, 2.45) is 0 Å². The molecule has 1 unspecified atom stereocenters. The topological polar surface area (TPSA) is 41.6 Å². The van der Waals surface area contributed by atoms with Gasteiger partial charge < -0.3 is 15.0 Å². The van der Waals surface area contributed by atoms with Gasteiger partial charge in [0.25, 0.3) is 0 Å². The molecule has 1 fully saturated rings. The van der Waals surface area contributed by atoms with Crippen LogP contribution >= 0.6 is 0 Å². The van der Waals surface area contributed by atoms with E-state index in [-0.39, 0.29) is 12.0 Å². The first-order chi connectivity index (χ1) is 8.79. The minimum Gasteiger partial charge on any atom is -0.373 e. The SMILES string of the molecule is CNCC1CN(C(=O)Cc2ccccc2)CCO1. The van der Waals surface area contributed by atoms with Crippen LogP contribution in [0, 0.1) is 0 Å². The summed E-state index contributed by atoms with van der Waals surface area (Å²) in [6, 6.07) is 9.87. The maximum atomic E-state index is 12.2. The standard InChI is InChI=1S/C14H20N2O2/c1-15-10-13-11-16(7-8-18-13)14(17)9-12-5-3-2-4-6-12/h2-6,13,15H,7-11H2,1H3. The van der Waals surface area contributed by atoms with Crippen molar-refractivity contribution in [3.8, 4) is 0 Å². The molecular formula is C14H20N2O2. The van der Waals surface area contributed by atoms with Crippen molar-refractivity contribution in [1.82, 2.24) is 10.2 Å². The van der Waals surface area contributed by atoms with Crippen LogP contribution in [0.4, 0.5) is 0 Å². The molecule has 0 aliphatic carbocycles. The summed E-state index contributed by atoms with van der Waals surface area (Å²) in [4.78, 5) is 14.1. The highest BCUT2D eigenvalue weighted by Crippen LogP contribution is 2.08. The molecule has 1 heterocycles. The van der Waals surface area contributed by atoms with E-state index in [1.807, 2.05) is 42.3 Å². The van der Waals surface area contributed by atoms with Gasteiger partial charge in [-0.05, 0) is 12.6 Å². The molecule has 1 aromatic carbocycles. The fourth-order valence-corrected chi connectivity index (χ4v) is 2.18. The lowest BCUT2D eigenvalue weighted by Gasteiger charge is -2.33. The maximum Gasteiger partial charge on any atom is 0.227 e. The Hall–Kier alpha value is -1.39. The number of hydrogen-bond acceptors (Lipinski definition) is 3. The summed E-state index contributed by atoms with van der Waals surface area (Å²) < 4.78 is 5.59. The first-order valence-corrected chi connectivity index (χ1v) is 6.37. The first-order valence-electron chi connectivity index (χ1n) is 6.37. The molecule has 1 N–H and O–H groups in total. The molecule has 1 amide bonds. The van der Waals surface area contributed by atoms with Gasteiger partial charge in [-0.3, -0.25) is 4.79 Å². The molecular weight excluding hydrogens is 228 g/mol. The predicted octanol–water partition coefficient (Wildman–Crippen LogP) is 0.676. The largest absolute Gasteiger partial charge is 0.373 e. The van der Waals surface area contributed by atoms with Crippen molar-refractivity contribution < 1.29 is 9.53 Å². The van der Waals surface area contributed by atoms with Gasteiger partial charge in [0.15, 0.2) is 0 Å². The number of likely N-dealkylation sites (N-methyl/N-ethyl adjacent to an activating group) is 1. The third kappa shape index (κ3) is 3.55. The van der Waals surface area contributed by atoms with Crippen LogP contribution in [-0.4, -0.2) is 50.2 Å². The van der Waals surface area contributed by atoms with Crippen molar-refractivity contribution in [1.29, 1.82) is 0 Å². The van der Waals surface area contributed by atoms with Crippen LogP contribution in [-0.2, 0) is 16.0 Å². The van der Waals surface area contributed by atoms with Crippen LogP contribution in [0.3, 0.4) is 0 Å². The van der Waals surface area contributed by atoms with Crippen LogP contribution < -0.4 is 5.32 Å². The minimum absolute atomic E-state index is 0.114. The Bertz CT molecular complexity index is 379. The number of carbonyl (C=O) groups excluding carboxylic acids is 1. The number of ether oxygens (including phenoxy) is 1. The fraction of sp³-hybridized carbons (Fsp3) is 0.500. The Labute approximate surface area is 108 Å². The normalized spacial score (nSPS) is 19.8. The number of nitrogens with zero attached hydrogens (tertiary/aromatic N) is 1. The Morgan fingerprint density at radius 2 is 2.22 bits per heavy atom. The average Bonchev–Trinajstić information content (AvgIpc) is 2.40. The van der Waals surface area contributed by atoms with Crippen molar-refractivity contribution >= 4 is 5.91 Å². The van der Waals surface area contributed by atoms with Crippen LogP contribution in [0.5, 0.6) is 0 Å². The monoisotopic (exact) mass is 248 g/mol. The van der Waals surface area contributed by atoms with Gasteiger partial charge in [-0.2, -0.15) is 0 Å². The summed E-state index contributed by atoms with van der Waals surface area (Å²) >= 11 is 0. The van der Waals surface area contributed by atoms with Crippen LogP contribution in [0.1, 0.15) is 5.56 Å². The summed E-state index contributed by atoms with van der Waals surface area (Å²) in [6.45, 7) is 2.81. The molecule has 1 aromatic rings. The molecule has 1 saturated heterocycles. The Morgan fingerprint density at radius 3 is 2.94 bits per heavy atom. The zero-order chi connectivity index (χ0) is 12.8. The van der Waals surface area contributed by atoms with Crippen molar-refractivity contribution in [3.05, 3.63) is 35.9 Å². The summed E-state index contributed by atoms with van der Waals surface area (Å²) in [7, 11) is 1.90. The van der Waals surface area contributed by atoms with Gasteiger partial charge in [-0.1, -0.05) is 30.3 Å². The summed E-state index contributed by atoms with van der Waals surface area (Å²) in [6.07, 6.45) is 0.594. The highest BCUT2D eigenvalue weighted by atomic mass is 16.5. The molecule has 2 rings (SSSR count). The van der Waals surface area contributed by atoms with Gasteiger partial charge in [0.05, 0.1) is 19.1 Å². The van der Waals surface area contributed by atoms with Gasteiger partial charge in [0.1, 0.15) is 0 Å². The van der Waals surface area contributed by atoms with E-state index in [0.717, 1.165) is 12.1 Å². The first kappa shape index (κ1) is 13.1. The molecule has 18 heavy (non-hydrogen) atoms. The molecule has 0 bridgehead atoms. The number of hydrogen-bond donors (Lipinski definition) is 1. The Kier molecular flexibility index (Phi) is 4.73. The third-order valence-corrected chi connectivity index (χ3v) is 3.12. The molecule has 0 saturated carbocycles. The van der Waals surface area contributed by atoms with Crippen molar-refractivity contribution in [3.63, 3.8) is 0 Å². The smallest absolute Gasteiger partial charge is 0.227 e. The molecule has 1 aliphatic rings. The lowest BCUT2D eigenvalue weighted by molar-refractivity contribution is -0.137. The third-order valence-electron chi connectivity index (χ3n) is 3.12. The van der Waals surface area contributed by atoms with Gasteiger partial charge in [0, 0.05) is 19.6 Å². The quantitative estimate of drug-likeness (QED) is 0.852. The number of carbonyl (C=O) groups is 1. The number of rotatable bonds is 4. The second-order valence-corrected chi connectivity index (χ2v) is 4.55. The van der Waals surface area contributed by atoms with Gasteiger partial charge in [-0.15, -0.1) is 0 Å². The van der Waals surface area contributed by atoms with Crippen molar-refractivity contribution in [2.75, 3.05) is 33.3 Å². The average molecular weight is 248 g/mol. The van der Waals surface area contributed by atoms with E-state index in [0.29, 0.717) is 26.1 Å². The van der Waals surface area contributed by atoms with E-state index < -0.39 is 0 Å². The zero-order valence-corrected chi connectivity index (χ0v) is 10.8. The highest BCUT2D eigenvalue weighted by molar-refractivity contribution is 5.78. The molecule has 98 valence electrons. The molecule has 0 aromatic heterocycles. The molecule has 0 spiro atoms. The minimum atomic E-state index is 0.114. The number of nitrogens with one attached hydrogen (secondary N) is 1. The number of benzene rings is 1. The fourth-order valence-electron chi connectivity index (χ4n) is 2.18. The molecule has 4 nitrogen and oxygen atoms in total. The lowest BCUT2D eigenvalue weighted by atomic mass is 10.1. The molecule has 1 atom stereocenters. The Balaban J connectivity index is 1.88. The van der Waals surface area contributed by atoms with Crippen LogP contribution in [0.2, 0.25) is 0 Å². The van der Waals surface area contributed by atoms with Gasteiger partial charge in [-0.25, -0.2) is 0 Å². The molecule has 1 aliphatic heterocycles. The number of amides is 1. The van der Waals surface area contributed by atoms with Crippen molar-refractivity contribution in [2.45, 2.75) is 12.5 Å². The molecule has 0 radical (unpaired) electrons. The van der Waals surface area contributed by atoms with E-state index in [1.165, 1.54) is 0 Å².